The Bertz CT molecular complexity index is 823. The van der Waals surface area contributed by atoms with Crippen LogP contribution in [0.4, 0.5) is 0 Å². The van der Waals surface area contributed by atoms with Crippen molar-refractivity contribution < 1.29 is 14.4 Å². The van der Waals surface area contributed by atoms with Crippen molar-refractivity contribution in [2.24, 2.45) is 0 Å². The maximum atomic E-state index is 5.62. The van der Waals surface area contributed by atoms with Crippen LogP contribution in [0.3, 0.4) is 0 Å². The molecule has 2 N–H and O–H groups in total. The van der Waals surface area contributed by atoms with Gasteiger partial charge in [0, 0.05) is 17.9 Å². The van der Waals surface area contributed by atoms with Gasteiger partial charge in [-0.1, -0.05) is 6.07 Å². The summed E-state index contributed by atoms with van der Waals surface area (Å²) in [5.41, 5.74) is 3.85. The lowest BCUT2D eigenvalue weighted by Gasteiger charge is -2.34. The van der Waals surface area contributed by atoms with E-state index >= 15 is 0 Å². The standard InChI is InChI=1S/C21H28N4O2S/c1-16-3-4-17(2)25(16)12-9-23-7-10-24(11-8-23)21(28)22-14-18-5-6-19-20(13-18)27-15-26-19/h3-6,13H,7-12,14-15H2,1-2H3,(H,22,28)/p+1. The van der Waals surface area contributed by atoms with Crippen LogP contribution in [-0.4, -0.2) is 54.1 Å². The average Bonchev–Trinajstić information content (AvgIpc) is 3.31. The summed E-state index contributed by atoms with van der Waals surface area (Å²) in [5, 5.41) is 4.23. The third kappa shape index (κ3) is 4.25. The quantitative estimate of drug-likeness (QED) is 0.735. The minimum Gasteiger partial charge on any atom is -0.454 e. The summed E-state index contributed by atoms with van der Waals surface area (Å²) >= 11 is 5.62. The molecule has 0 aliphatic carbocycles. The van der Waals surface area contributed by atoms with Gasteiger partial charge in [0.2, 0.25) is 6.79 Å². The lowest BCUT2D eigenvalue weighted by atomic mass is 10.2. The summed E-state index contributed by atoms with van der Waals surface area (Å²) in [6.45, 7) is 11.9. The molecule has 0 bridgehead atoms. The highest BCUT2D eigenvalue weighted by molar-refractivity contribution is 7.80. The number of aromatic nitrogens is 1. The van der Waals surface area contributed by atoms with Crippen molar-refractivity contribution >= 4 is 17.3 Å². The molecule has 0 saturated carbocycles. The number of hydrogen-bond donors (Lipinski definition) is 2. The van der Waals surface area contributed by atoms with Gasteiger partial charge in [0.1, 0.15) is 0 Å². The fourth-order valence-corrected chi connectivity index (χ4v) is 4.19. The Hall–Kier alpha value is -2.25. The number of hydrogen-bond acceptors (Lipinski definition) is 3. The number of quaternary nitrogens is 1. The van der Waals surface area contributed by atoms with Crippen LogP contribution in [0.25, 0.3) is 0 Å². The summed E-state index contributed by atoms with van der Waals surface area (Å²) in [6.07, 6.45) is 0. The lowest BCUT2D eigenvalue weighted by molar-refractivity contribution is -0.904. The van der Waals surface area contributed by atoms with Gasteiger partial charge in [0.25, 0.3) is 0 Å². The molecule has 28 heavy (non-hydrogen) atoms. The van der Waals surface area contributed by atoms with E-state index in [1.807, 2.05) is 12.1 Å². The molecule has 3 heterocycles. The SMILES string of the molecule is Cc1ccc(C)n1CC[NH+]1CCN(C(=S)NCc2ccc3c(c2)OCO3)CC1. The van der Waals surface area contributed by atoms with E-state index in [0.717, 1.165) is 54.9 Å². The highest BCUT2D eigenvalue weighted by Crippen LogP contribution is 2.32. The third-order valence-electron chi connectivity index (χ3n) is 5.74. The number of nitrogens with one attached hydrogen (secondary N) is 2. The van der Waals surface area contributed by atoms with Gasteiger partial charge in [0.15, 0.2) is 16.6 Å². The Kier molecular flexibility index (Phi) is 5.73. The highest BCUT2D eigenvalue weighted by atomic mass is 32.1. The number of ether oxygens (including phenoxy) is 2. The van der Waals surface area contributed by atoms with Gasteiger partial charge in [-0.3, -0.25) is 0 Å². The largest absolute Gasteiger partial charge is 0.454 e. The molecule has 2 aliphatic rings. The van der Waals surface area contributed by atoms with Crippen molar-refractivity contribution in [1.82, 2.24) is 14.8 Å². The van der Waals surface area contributed by atoms with Gasteiger partial charge in [-0.2, -0.15) is 0 Å². The smallest absolute Gasteiger partial charge is 0.231 e. The molecule has 0 spiro atoms. The van der Waals surface area contributed by atoms with E-state index < -0.39 is 0 Å². The second-order valence-electron chi connectivity index (χ2n) is 7.60. The maximum Gasteiger partial charge on any atom is 0.231 e. The van der Waals surface area contributed by atoms with Gasteiger partial charge in [-0.15, -0.1) is 0 Å². The van der Waals surface area contributed by atoms with Crippen molar-refractivity contribution in [2.45, 2.75) is 26.9 Å². The molecule has 2 aromatic rings. The molecule has 4 rings (SSSR count). The Balaban J connectivity index is 1.21. The van der Waals surface area contributed by atoms with E-state index in [9.17, 15) is 0 Å². The molecule has 1 aromatic carbocycles. The second-order valence-corrected chi connectivity index (χ2v) is 7.99. The molecular formula is C21H29N4O2S+. The van der Waals surface area contributed by atoms with Crippen molar-refractivity contribution in [3.8, 4) is 11.5 Å². The second kappa shape index (κ2) is 8.41. The van der Waals surface area contributed by atoms with Crippen molar-refractivity contribution in [2.75, 3.05) is 39.5 Å². The molecule has 6 nitrogen and oxygen atoms in total. The van der Waals surface area contributed by atoms with E-state index in [4.69, 9.17) is 21.7 Å². The minimum absolute atomic E-state index is 0.306. The van der Waals surface area contributed by atoms with Crippen LogP contribution < -0.4 is 19.7 Å². The zero-order chi connectivity index (χ0) is 19.5. The Labute approximate surface area is 172 Å². The van der Waals surface area contributed by atoms with E-state index in [-0.39, 0.29) is 0 Å². The number of rotatable bonds is 5. The molecule has 0 unspecified atom stereocenters. The van der Waals surface area contributed by atoms with Crippen LogP contribution in [0, 0.1) is 13.8 Å². The van der Waals surface area contributed by atoms with Crippen LogP contribution in [-0.2, 0) is 13.1 Å². The van der Waals surface area contributed by atoms with Crippen molar-refractivity contribution in [1.29, 1.82) is 0 Å². The first kappa shape index (κ1) is 19.1. The summed E-state index contributed by atoms with van der Waals surface area (Å²) in [4.78, 5) is 3.94. The minimum atomic E-state index is 0.306. The molecule has 1 fully saturated rings. The molecule has 150 valence electrons. The average molecular weight is 402 g/mol. The molecule has 7 heteroatoms. The summed E-state index contributed by atoms with van der Waals surface area (Å²) < 4.78 is 13.2. The lowest BCUT2D eigenvalue weighted by Crippen LogP contribution is -3.15. The Morgan fingerprint density at radius 3 is 2.54 bits per heavy atom. The topological polar surface area (TPSA) is 43.1 Å². The Morgan fingerprint density at radius 2 is 1.79 bits per heavy atom. The zero-order valence-electron chi connectivity index (χ0n) is 16.7. The van der Waals surface area contributed by atoms with Crippen LogP contribution in [0.2, 0.25) is 0 Å². The molecule has 2 aliphatic heterocycles. The first-order chi connectivity index (χ1) is 13.6. The molecule has 1 saturated heterocycles. The van der Waals surface area contributed by atoms with Gasteiger partial charge in [0.05, 0.1) is 39.3 Å². The molecular weight excluding hydrogens is 372 g/mol. The van der Waals surface area contributed by atoms with Crippen LogP contribution in [0.5, 0.6) is 11.5 Å². The summed E-state index contributed by atoms with van der Waals surface area (Å²) in [5.74, 6) is 1.63. The fraction of sp³-hybridized carbons (Fsp3) is 0.476. The number of thiocarbonyl (C=S) groups is 1. The molecule has 1 aromatic heterocycles. The predicted molar refractivity (Wildman–Crippen MR) is 113 cm³/mol. The van der Waals surface area contributed by atoms with E-state index in [1.54, 1.807) is 4.90 Å². The van der Waals surface area contributed by atoms with Gasteiger partial charge >= 0.3 is 0 Å². The normalized spacial score (nSPS) is 16.4. The maximum absolute atomic E-state index is 5.62. The zero-order valence-corrected chi connectivity index (χ0v) is 17.5. The van der Waals surface area contributed by atoms with Crippen molar-refractivity contribution in [3.05, 3.63) is 47.3 Å². The third-order valence-corrected chi connectivity index (χ3v) is 6.15. The first-order valence-corrected chi connectivity index (χ1v) is 10.4. The number of aryl methyl sites for hydroxylation is 2. The fourth-order valence-electron chi connectivity index (χ4n) is 3.94. The Morgan fingerprint density at radius 1 is 1.07 bits per heavy atom. The molecule has 0 radical (unpaired) electrons. The van der Waals surface area contributed by atoms with E-state index in [0.29, 0.717) is 13.3 Å². The van der Waals surface area contributed by atoms with Crippen molar-refractivity contribution in [3.63, 3.8) is 0 Å². The van der Waals surface area contributed by atoms with E-state index in [1.165, 1.54) is 17.9 Å². The van der Waals surface area contributed by atoms with Crippen LogP contribution >= 0.6 is 12.2 Å². The van der Waals surface area contributed by atoms with Crippen LogP contribution in [0.15, 0.2) is 30.3 Å². The number of fused-ring (bicyclic) bond motifs is 1. The van der Waals surface area contributed by atoms with Gasteiger partial charge in [-0.25, -0.2) is 0 Å². The summed E-state index contributed by atoms with van der Waals surface area (Å²) in [7, 11) is 0. The molecule has 0 amide bonds. The highest BCUT2D eigenvalue weighted by Gasteiger charge is 2.22. The monoisotopic (exact) mass is 401 g/mol. The van der Waals surface area contributed by atoms with Gasteiger partial charge in [-0.05, 0) is 55.9 Å². The van der Waals surface area contributed by atoms with Crippen LogP contribution in [0.1, 0.15) is 17.0 Å². The first-order valence-electron chi connectivity index (χ1n) is 9.98. The number of benzene rings is 1. The van der Waals surface area contributed by atoms with E-state index in [2.05, 4.69) is 46.8 Å². The summed E-state index contributed by atoms with van der Waals surface area (Å²) in [6, 6.07) is 10.4. The predicted octanol–water partition coefficient (Wildman–Crippen LogP) is 1.11. The molecule has 0 atom stereocenters. The number of nitrogens with zero attached hydrogens (tertiary/aromatic N) is 2. The van der Waals surface area contributed by atoms with Gasteiger partial charge < -0.3 is 29.2 Å². The number of piperazine rings is 1.